The lowest BCUT2D eigenvalue weighted by molar-refractivity contribution is -0.131. The van der Waals surface area contributed by atoms with Gasteiger partial charge in [0.05, 0.1) is 69.1 Å². The van der Waals surface area contributed by atoms with E-state index in [1.807, 2.05) is 86.2 Å². The molecule has 1 aliphatic carbocycles. The van der Waals surface area contributed by atoms with Crippen LogP contribution in [0, 0.1) is 5.92 Å². The Bertz CT molecular complexity index is 3920. The smallest absolute Gasteiger partial charge is 0.260 e. The monoisotopic (exact) mass is 1410 g/mol. The summed E-state index contributed by atoms with van der Waals surface area (Å²) in [6.07, 6.45) is 20.7. The summed E-state index contributed by atoms with van der Waals surface area (Å²) in [5, 5.41) is 18.3. The molecule has 0 radical (unpaired) electrons. The van der Waals surface area contributed by atoms with Crippen molar-refractivity contribution in [3.05, 3.63) is 114 Å². The highest BCUT2D eigenvalue weighted by Crippen LogP contribution is 2.43. The maximum absolute atomic E-state index is 14.2. The quantitative estimate of drug-likeness (QED) is 0.0351. The summed E-state index contributed by atoms with van der Waals surface area (Å²) in [4.78, 5) is 117. The number of methoxy groups -OCH3 is 3. The molecule has 26 heteroatoms. The molecule has 24 nitrogen and oxygen atoms in total. The van der Waals surface area contributed by atoms with Crippen molar-refractivity contribution in [2.45, 2.75) is 158 Å². The topological polar surface area (TPSA) is 295 Å². The molecule has 6 atom stereocenters. The zero-order valence-electron chi connectivity index (χ0n) is 58.1. The molecule has 4 bridgehead atoms. The molecular formula is C75H90N12O12S2. The molecule has 4 aromatic carbocycles. The lowest BCUT2D eigenvalue weighted by Crippen LogP contribution is -2.53. The van der Waals surface area contributed by atoms with Crippen molar-refractivity contribution in [2.75, 3.05) is 73.9 Å². The molecule has 1 fully saturated rings. The first-order valence-electron chi connectivity index (χ1n) is 35.0. The van der Waals surface area contributed by atoms with Crippen LogP contribution < -0.4 is 55.6 Å². The van der Waals surface area contributed by atoms with Crippen LogP contribution in [-0.4, -0.2) is 161 Å². The Labute approximate surface area is 597 Å². The lowest BCUT2D eigenvalue weighted by Gasteiger charge is -2.24. The number of benzene rings is 4. The van der Waals surface area contributed by atoms with Gasteiger partial charge in [-0.05, 0) is 97.2 Å². The summed E-state index contributed by atoms with van der Waals surface area (Å²) < 4.78 is 29.1. The largest absolute Gasteiger partial charge is 0.497 e. The Kier molecular flexibility index (Phi) is 25.1. The summed E-state index contributed by atoms with van der Waals surface area (Å²) in [5.74, 6) is 1.97. The molecule has 6 heterocycles. The van der Waals surface area contributed by atoms with E-state index in [1.54, 1.807) is 78.7 Å². The van der Waals surface area contributed by atoms with Gasteiger partial charge in [-0.15, -0.1) is 0 Å². The molecule has 534 valence electrons. The maximum Gasteiger partial charge on any atom is 0.260 e. The molecule has 0 spiro atoms. The van der Waals surface area contributed by atoms with Crippen molar-refractivity contribution in [3.8, 4) is 28.7 Å². The third-order valence-electron chi connectivity index (χ3n) is 18.6. The van der Waals surface area contributed by atoms with E-state index in [2.05, 4.69) is 41.9 Å². The van der Waals surface area contributed by atoms with E-state index < -0.39 is 23.9 Å². The molecule has 5 aromatic rings. The summed E-state index contributed by atoms with van der Waals surface area (Å²) in [6.45, 7) is 5.98. The Morgan fingerprint density at radius 2 is 1.16 bits per heavy atom. The number of carbonyl (C=O) groups excluding carboxylic acids is 7. The van der Waals surface area contributed by atoms with Crippen LogP contribution >= 0.6 is 23.5 Å². The van der Waals surface area contributed by atoms with Crippen LogP contribution in [0.25, 0.3) is 11.1 Å². The fourth-order valence-corrected chi connectivity index (χ4v) is 15.8. The predicted molar refractivity (Wildman–Crippen MR) is 396 cm³/mol. The van der Waals surface area contributed by atoms with Gasteiger partial charge in [-0.3, -0.25) is 48.9 Å². The molecule has 6 N–H and O–H groups in total. The number of ether oxygens (including phenoxy) is 5. The van der Waals surface area contributed by atoms with Crippen LogP contribution in [0.1, 0.15) is 155 Å². The minimum Gasteiger partial charge on any atom is -0.497 e. The van der Waals surface area contributed by atoms with Crippen LogP contribution in [0.15, 0.2) is 101 Å². The summed E-state index contributed by atoms with van der Waals surface area (Å²) in [6, 6.07) is 20.8. The fourth-order valence-electron chi connectivity index (χ4n) is 13.0. The number of fused-ring (bicyclic) bond motifs is 8. The highest BCUT2D eigenvalue weighted by molar-refractivity contribution is 8.00. The minimum absolute atomic E-state index is 0.0660. The molecule has 101 heavy (non-hydrogen) atoms. The molecule has 11 rings (SSSR count). The lowest BCUT2D eigenvalue weighted by atomic mass is 10.0. The molecule has 5 aliphatic heterocycles. The molecular weight excluding hydrogens is 1330 g/mol. The number of carbonyl (C=O) groups is 7. The fraction of sp³-hybridized carbons (Fsp3) is 0.453. The van der Waals surface area contributed by atoms with Gasteiger partial charge in [-0.25, -0.2) is 0 Å². The predicted octanol–water partition coefficient (Wildman–Crippen LogP) is 12.2. The Balaban J connectivity index is 0.618. The molecule has 1 saturated carbocycles. The normalized spacial score (nSPS) is 19.9. The summed E-state index contributed by atoms with van der Waals surface area (Å²) >= 11 is 3.76. The zero-order chi connectivity index (χ0) is 70.9. The van der Waals surface area contributed by atoms with Crippen LogP contribution in [0.4, 0.5) is 34.6 Å². The second kappa shape index (κ2) is 34.8. The number of rotatable bonds is 22. The van der Waals surface area contributed by atoms with Gasteiger partial charge in [0.25, 0.3) is 11.8 Å². The van der Waals surface area contributed by atoms with E-state index in [0.717, 1.165) is 47.3 Å². The first-order valence-corrected chi connectivity index (χ1v) is 37.1. The number of nitrogens with zero attached hydrogens (tertiary/aromatic N) is 6. The molecule has 0 saturated heterocycles. The van der Waals surface area contributed by atoms with Gasteiger partial charge in [-0.2, -0.15) is 33.5 Å². The second-order valence-electron chi connectivity index (χ2n) is 26.2. The van der Waals surface area contributed by atoms with Crippen LogP contribution in [-0.2, 0) is 24.0 Å². The number of hydrogen-bond donors (Lipinski definition) is 6. The first kappa shape index (κ1) is 72.8. The van der Waals surface area contributed by atoms with Crippen molar-refractivity contribution in [2.24, 2.45) is 15.9 Å². The van der Waals surface area contributed by atoms with Gasteiger partial charge >= 0.3 is 0 Å². The maximum atomic E-state index is 14.2. The number of thioether (sulfide) groups is 2. The number of hydrogen-bond acceptors (Lipinski definition) is 19. The summed E-state index contributed by atoms with van der Waals surface area (Å²) in [7, 11) is 4.66. The van der Waals surface area contributed by atoms with Gasteiger partial charge in [0.15, 0.2) is 23.0 Å². The van der Waals surface area contributed by atoms with Crippen LogP contribution in [0.2, 0.25) is 0 Å². The average molecular weight is 1420 g/mol. The van der Waals surface area contributed by atoms with E-state index >= 15 is 0 Å². The Hall–Kier alpha value is -9.43. The number of amides is 7. The molecule has 1 aromatic heterocycles. The van der Waals surface area contributed by atoms with E-state index in [9.17, 15) is 33.6 Å². The van der Waals surface area contributed by atoms with Crippen LogP contribution in [0.3, 0.4) is 0 Å². The SMILES string of the molecule is COc1ccc(C2=CN3C(=O)c4cc(OC)c(OCCCOc5cc6c(cc5OC)C(=O)N5C=C(c7ccc(NC(=O)[C@H](C)NC(=O)[C@@H](NC(=O)CCCNc8cc9nc(n8)NC(=O)CCSC8CCCCCCCCC(C8)SCCC(=O)N9)C(C)C)cc7)CC5C=N6)cc4N=C[C@@H]3C2)cc1. The standard InChI is InChI=1S/C75H90N12O12S2/c1-45(2)70(84-67(88)17-13-28-76-65-40-66-81-68(89)26-31-100-55-15-11-9-7-8-10-12-16-56(35-55)101-32-27-69(90)85-75(82-65)83-66)72(92)79-46(3)71(91)80-51-22-18-47(19-23-51)49-33-52-41-77-59-38-63(61(96-5)36-57(59)73(93)86(52)43-49)98-29-14-30-99-64-39-60-58(37-62(64)97-6)74(94)87-44-50(34-53(87)42-78-60)48-20-24-54(95-4)25-21-48/h18-25,36-46,52-53,55-56,70H,7-17,26-35H2,1-6H3,(H,79,92)(H,80,91)(H,84,88)(H3,76,81,82,83,85,89,90)/t46-,52?,53-,55?,56?,70-/m0/s1. The Morgan fingerprint density at radius 1 is 0.614 bits per heavy atom. The van der Waals surface area contributed by atoms with Gasteiger partial charge in [0, 0.05) is 116 Å². The number of anilines is 4. The van der Waals surface area contributed by atoms with E-state index in [0.29, 0.717) is 124 Å². The third kappa shape index (κ3) is 19.2. The second-order valence-corrected chi connectivity index (χ2v) is 29.1. The van der Waals surface area contributed by atoms with Crippen LogP contribution in [0.5, 0.6) is 28.7 Å². The number of aromatic nitrogens is 2. The Morgan fingerprint density at radius 3 is 1.70 bits per heavy atom. The minimum atomic E-state index is -0.961. The number of nitrogens with one attached hydrogen (secondary N) is 6. The van der Waals surface area contributed by atoms with Gasteiger partial charge < -0.3 is 60.1 Å². The van der Waals surface area contributed by atoms with Gasteiger partial charge in [-0.1, -0.05) is 76.6 Å². The van der Waals surface area contributed by atoms with Crippen molar-refractivity contribution in [3.63, 3.8) is 0 Å². The zero-order valence-corrected chi connectivity index (χ0v) is 59.7. The molecule has 6 aliphatic rings. The van der Waals surface area contributed by atoms with Crippen molar-refractivity contribution < 1.29 is 57.2 Å². The average Bonchev–Trinajstić information content (AvgIpc) is 1.65. The first-order chi connectivity index (χ1) is 49.0. The van der Waals surface area contributed by atoms with Gasteiger partial charge in [0.1, 0.15) is 29.5 Å². The summed E-state index contributed by atoms with van der Waals surface area (Å²) in [5.41, 5.74) is 5.91. The van der Waals surface area contributed by atoms with Gasteiger partial charge in [0.2, 0.25) is 35.5 Å². The van der Waals surface area contributed by atoms with E-state index in [4.69, 9.17) is 33.7 Å². The third-order valence-corrected chi connectivity index (χ3v) is 21.2. The highest BCUT2D eigenvalue weighted by Gasteiger charge is 2.36. The van der Waals surface area contributed by atoms with Crippen molar-refractivity contribution in [1.82, 2.24) is 30.4 Å². The molecule has 3 unspecified atom stereocenters. The van der Waals surface area contributed by atoms with E-state index in [-0.39, 0.29) is 78.9 Å². The van der Waals surface area contributed by atoms with Crippen molar-refractivity contribution >= 4 is 123 Å². The van der Waals surface area contributed by atoms with Crippen molar-refractivity contribution in [1.29, 1.82) is 0 Å². The number of aliphatic imine (C=N–C) groups is 2. The molecule has 7 amide bonds. The highest BCUT2D eigenvalue weighted by atomic mass is 32.2. The van der Waals surface area contributed by atoms with E-state index in [1.165, 1.54) is 52.7 Å².